The number of hydrogen-bond acceptors (Lipinski definition) is 2. The quantitative estimate of drug-likeness (QED) is 0.872. The molecule has 1 aliphatic heterocycles. The number of nitrogens with one attached hydrogen (secondary N) is 1. The molecule has 0 aliphatic carbocycles. The number of piperidine rings is 1. The highest BCUT2D eigenvalue weighted by Gasteiger charge is 2.32. The second-order valence-electron chi connectivity index (χ2n) is 5.24. The number of benzene rings is 1. The molecule has 0 saturated carbocycles. The molecule has 0 spiro atoms. The van der Waals surface area contributed by atoms with Gasteiger partial charge in [-0.2, -0.15) is 0 Å². The van der Waals surface area contributed by atoms with Gasteiger partial charge in [0, 0.05) is 12.2 Å². The maximum Gasteiger partial charge on any atom is 0.407 e. The second-order valence-corrected chi connectivity index (χ2v) is 5.24. The molecule has 1 saturated heterocycles. The van der Waals surface area contributed by atoms with Crippen molar-refractivity contribution in [2.75, 3.05) is 11.9 Å². The highest BCUT2D eigenvalue weighted by atomic mass is 16.4. The lowest BCUT2D eigenvalue weighted by Crippen LogP contribution is -2.49. The number of para-hydroxylation sites is 1. The Morgan fingerprint density at radius 1 is 1.25 bits per heavy atom. The molecule has 5 nitrogen and oxygen atoms in total. The van der Waals surface area contributed by atoms with Crippen LogP contribution in [-0.4, -0.2) is 34.6 Å². The van der Waals surface area contributed by atoms with Gasteiger partial charge in [0.1, 0.15) is 6.04 Å². The van der Waals surface area contributed by atoms with Gasteiger partial charge < -0.3 is 10.4 Å². The van der Waals surface area contributed by atoms with Gasteiger partial charge in [0.15, 0.2) is 0 Å². The zero-order valence-corrected chi connectivity index (χ0v) is 11.8. The van der Waals surface area contributed by atoms with Gasteiger partial charge in [-0.3, -0.25) is 9.69 Å². The number of anilines is 1. The van der Waals surface area contributed by atoms with Crippen LogP contribution in [0.25, 0.3) is 0 Å². The van der Waals surface area contributed by atoms with Gasteiger partial charge in [0.05, 0.1) is 0 Å². The molecular weight excluding hydrogens is 256 g/mol. The van der Waals surface area contributed by atoms with E-state index in [4.69, 9.17) is 0 Å². The smallest absolute Gasteiger partial charge is 0.407 e. The van der Waals surface area contributed by atoms with Crippen LogP contribution in [0.1, 0.15) is 30.4 Å². The molecule has 5 heteroatoms. The van der Waals surface area contributed by atoms with Gasteiger partial charge in [-0.05, 0) is 44.2 Å². The standard InChI is InChI=1S/C15H20N2O3/c1-10-6-5-7-11(2)13(10)16-14(18)12-8-3-4-9-17(12)15(19)20/h5-7,12H,3-4,8-9H2,1-2H3,(H,16,18)(H,19,20). The number of nitrogens with zero attached hydrogens (tertiary/aromatic N) is 1. The van der Waals surface area contributed by atoms with E-state index in [1.54, 1.807) is 0 Å². The Labute approximate surface area is 118 Å². The number of carbonyl (C=O) groups is 2. The molecule has 1 heterocycles. The van der Waals surface area contributed by atoms with Gasteiger partial charge in [-0.1, -0.05) is 18.2 Å². The Hall–Kier alpha value is -2.04. The van der Waals surface area contributed by atoms with Crippen LogP contribution >= 0.6 is 0 Å². The van der Waals surface area contributed by atoms with Crippen molar-refractivity contribution in [1.29, 1.82) is 0 Å². The summed E-state index contributed by atoms with van der Waals surface area (Å²) in [6.07, 6.45) is 1.27. The first-order chi connectivity index (χ1) is 9.50. The summed E-state index contributed by atoms with van der Waals surface area (Å²) >= 11 is 0. The van der Waals surface area contributed by atoms with Crippen molar-refractivity contribution in [3.05, 3.63) is 29.3 Å². The van der Waals surface area contributed by atoms with Crippen LogP contribution in [0.15, 0.2) is 18.2 Å². The largest absolute Gasteiger partial charge is 0.465 e. The summed E-state index contributed by atoms with van der Waals surface area (Å²) in [4.78, 5) is 24.8. The third-order valence-corrected chi connectivity index (χ3v) is 3.78. The molecule has 20 heavy (non-hydrogen) atoms. The van der Waals surface area contributed by atoms with Crippen LogP contribution in [-0.2, 0) is 4.79 Å². The summed E-state index contributed by atoms with van der Waals surface area (Å²) in [7, 11) is 0. The lowest BCUT2D eigenvalue weighted by atomic mass is 10.0. The predicted molar refractivity (Wildman–Crippen MR) is 76.9 cm³/mol. The van der Waals surface area contributed by atoms with Crippen LogP contribution in [0.2, 0.25) is 0 Å². The summed E-state index contributed by atoms with van der Waals surface area (Å²) in [5.41, 5.74) is 2.75. The zero-order chi connectivity index (χ0) is 14.7. The van der Waals surface area contributed by atoms with Gasteiger partial charge in [0.2, 0.25) is 5.91 Å². The molecule has 1 fully saturated rings. The van der Waals surface area contributed by atoms with Crippen LogP contribution in [0, 0.1) is 13.8 Å². The summed E-state index contributed by atoms with van der Waals surface area (Å²) < 4.78 is 0. The molecule has 2 N–H and O–H groups in total. The maximum atomic E-state index is 12.4. The number of hydrogen-bond donors (Lipinski definition) is 2. The summed E-state index contributed by atoms with van der Waals surface area (Å²) in [5.74, 6) is -0.232. The van der Waals surface area contributed by atoms with Gasteiger partial charge in [-0.25, -0.2) is 4.79 Å². The lowest BCUT2D eigenvalue weighted by Gasteiger charge is -2.32. The molecule has 2 amide bonds. The van der Waals surface area contributed by atoms with E-state index in [1.165, 1.54) is 4.90 Å². The number of amides is 2. The van der Waals surface area contributed by atoms with Crippen LogP contribution < -0.4 is 5.32 Å². The summed E-state index contributed by atoms with van der Waals surface area (Å²) in [6, 6.07) is 5.21. The number of rotatable bonds is 2. The number of carbonyl (C=O) groups excluding carboxylic acids is 1. The van der Waals surface area contributed by atoms with E-state index in [0.29, 0.717) is 13.0 Å². The molecule has 1 aromatic rings. The van der Waals surface area contributed by atoms with Gasteiger partial charge >= 0.3 is 6.09 Å². The molecule has 0 radical (unpaired) electrons. The summed E-state index contributed by atoms with van der Waals surface area (Å²) in [5, 5.41) is 12.1. The van der Waals surface area contributed by atoms with Crippen molar-refractivity contribution in [2.24, 2.45) is 0 Å². The lowest BCUT2D eigenvalue weighted by molar-refractivity contribution is -0.121. The zero-order valence-electron chi connectivity index (χ0n) is 11.8. The molecule has 1 unspecified atom stereocenters. The van der Waals surface area contributed by atoms with Crippen LogP contribution in [0.4, 0.5) is 10.5 Å². The molecular formula is C15H20N2O3. The SMILES string of the molecule is Cc1cccc(C)c1NC(=O)C1CCCCN1C(=O)O. The Bertz CT molecular complexity index is 508. The van der Waals surface area contributed by atoms with E-state index in [0.717, 1.165) is 29.7 Å². The van der Waals surface area contributed by atoms with Crippen LogP contribution in [0.5, 0.6) is 0 Å². The fourth-order valence-corrected chi connectivity index (χ4v) is 2.65. The van der Waals surface area contributed by atoms with E-state index >= 15 is 0 Å². The van der Waals surface area contributed by atoms with Crippen molar-refractivity contribution in [1.82, 2.24) is 4.90 Å². The highest BCUT2D eigenvalue weighted by molar-refractivity contribution is 5.97. The van der Waals surface area contributed by atoms with Crippen molar-refractivity contribution in [2.45, 2.75) is 39.2 Å². The third-order valence-electron chi connectivity index (χ3n) is 3.78. The molecule has 0 bridgehead atoms. The second kappa shape index (κ2) is 5.94. The van der Waals surface area contributed by atoms with E-state index in [2.05, 4.69) is 5.32 Å². The van der Waals surface area contributed by atoms with Crippen molar-refractivity contribution < 1.29 is 14.7 Å². The van der Waals surface area contributed by atoms with E-state index in [1.807, 2.05) is 32.0 Å². The Kier molecular flexibility index (Phi) is 4.27. The molecule has 1 aromatic carbocycles. The molecule has 1 atom stereocenters. The molecule has 1 aliphatic rings. The molecule has 2 rings (SSSR count). The Balaban J connectivity index is 2.16. The predicted octanol–water partition coefficient (Wildman–Crippen LogP) is 2.77. The maximum absolute atomic E-state index is 12.4. The average Bonchev–Trinajstić information content (AvgIpc) is 2.43. The normalized spacial score (nSPS) is 18.7. The highest BCUT2D eigenvalue weighted by Crippen LogP contribution is 2.23. The Morgan fingerprint density at radius 3 is 2.50 bits per heavy atom. The minimum atomic E-state index is -1.02. The fourth-order valence-electron chi connectivity index (χ4n) is 2.65. The van der Waals surface area contributed by atoms with E-state index in [9.17, 15) is 14.7 Å². The van der Waals surface area contributed by atoms with E-state index < -0.39 is 12.1 Å². The van der Waals surface area contributed by atoms with Gasteiger partial charge in [0.25, 0.3) is 0 Å². The first kappa shape index (κ1) is 14.4. The third kappa shape index (κ3) is 2.92. The topological polar surface area (TPSA) is 69.6 Å². The Morgan fingerprint density at radius 2 is 1.90 bits per heavy atom. The number of likely N-dealkylation sites (tertiary alicyclic amines) is 1. The van der Waals surface area contributed by atoms with E-state index in [-0.39, 0.29) is 5.91 Å². The minimum Gasteiger partial charge on any atom is -0.465 e. The minimum absolute atomic E-state index is 0.232. The molecule has 0 aromatic heterocycles. The van der Waals surface area contributed by atoms with Crippen LogP contribution in [0.3, 0.4) is 0 Å². The summed E-state index contributed by atoms with van der Waals surface area (Å²) in [6.45, 7) is 4.29. The van der Waals surface area contributed by atoms with Gasteiger partial charge in [-0.15, -0.1) is 0 Å². The number of carboxylic acid groups (broad SMARTS) is 1. The molecule has 108 valence electrons. The first-order valence-corrected chi connectivity index (χ1v) is 6.87. The van der Waals surface area contributed by atoms with Crippen molar-refractivity contribution in [3.8, 4) is 0 Å². The fraction of sp³-hybridized carbons (Fsp3) is 0.467. The van der Waals surface area contributed by atoms with Crippen molar-refractivity contribution >= 4 is 17.7 Å². The number of aryl methyl sites for hydroxylation is 2. The van der Waals surface area contributed by atoms with Crippen molar-refractivity contribution in [3.63, 3.8) is 0 Å². The first-order valence-electron chi connectivity index (χ1n) is 6.87. The monoisotopic (exact) mass is 276 g/mol. The average molecular weight is 276 g/mol.